The Balaban J connectivity index is 3.29. The van der Waals surface area contributed by atoms with Crippen LogP contribution in [0.2, 0.25) is 0 Å². The highest BCUT2D eigenvalue weighted by molar-refractivity contribution is 14.1. The summed E-state index contributed by atoms with van der Waals surface area (Å²) in [4.78, 5) is 0. The van der Waals surface area contributed by atoms with Gasteiger partial charge < -0.3 is 0 Å². The highest BCUT2D eigenvalue weighted by Gasteiger charge is 2.09. The van der Waals surface area contributed by atoms with E-state index in [1.165, 1.54) is 12.1 Å². The lowest BCUT2D eigenvalue weighted by Crippen LogP contribution is -1.89. The highest BCUT2D eigenvalue weighted by atomic mass is 127. The first-order chi connectivity index (χ1) is 7.10. The van der Waals surface area contributed by atoms with Gasteiger partial charge in [-0.3, -0.25) is 0 Å². The van der Waals surface area contributed by atoms with Crippen LogP contribution in [-0.4, -0.2) is 0 Å². The van der Waals surface area contributed by atoms with E-state index in [0.29, 0.717) is 26.2 Å². The lowest BCUT2D eigenvalue weighted by Gasteiger charge is -2.04. The smallest absolute Gasteiger partial charge is 0.124 e. The fourth-order valence-corrected chi connectivity index (χ4v) is 2.36. The summed E-state index contributed by atoms with van der Waals surface area (Å²) in [6.07, 6.45) is 0.572. The summed E-state index contributed by atoms with van der Waals surface area (Å²) in [7, 11) is 0. The summed E-state index contributed by atoms with van der Waals surface area (Å²) in [6.45, 7) is 1.86. The molecule has 0 aliphatic rings. The predicted molar refractivity (Wildman–Crippen MR) is 67.8 cm³/mol. The summed E-state index contributed by atoms with van der Waals surface area (Å²) < 4.78 is 13.6. The zero-order chi connectivity index (χ0) is 11.4. The van der Waals surface area contributed by atoms with Crippen LogP contribution in [0, 0.1) is 20.7 Å². The molecule has 0 amide bonds. The molecule has 1 aromatic carbocycles. The van der Waals surface area contributed by atoms with Crippen LogP contribution in [0.15, 0.2) is 23.8 Å². The molecule has 1 rings (SSSR count). The van der Waals surface area contributed by atoms with Crippen molar-refractivity contribution in [1.82, 2.24) is 0 Å². The zero-order valence-corrected chi connectivity index (χ0v) is 10.9. The van der Waals surface area contributed by atoms with E-state index >= 15 is 0 Å². The summed E-state index contributed by atoms with van der Waals surface area (Å²) >= 11 is 8.06. The van der Waals surface area contributed by atoms with Gasteiger partial charge in [-0.05, 0) is 47.2 Å². The van der Waals surface area contributed by atoms with Gasteiger partial charge in [-0.25, -0.2) is 4.39 Å². The number of hydrogen-bond acceptors (Lipinski definition) is 1. The van der Waals surface area contributed by atoms with Crippen LogP contribution in [0.1, 0.15) is 18.9 Å². The normalized spacial score (nSPS) is 11.9. The first kappa shape index (κ1) is 12.5. The Labute approximate surface area is 107 Å². The van der Waals surface area contributed by atoms with Gasteiger partial charge in [0.25, 0.3) is 0 Å². The van der Waals surface area contributed by atoms with Gasteiger partial charge in [-0.2, -0.15) is 5.26 Å². The van der Waals surface area contributed by atoms with Crippen molar-refractivity contribution in [3.63, 3.8) is 0 Å². The molecular formula is C11H8ClFIN. The fraction of sp³-hybridized carbons (Fsp3) is 0.182. The van der Waals surface area contributed by atoms with Crippen LogP contribution in [0.25, 0.3) is 5.03 Å². The molecule has 0 spiro atoms. The molecule has 1 aromatic rings. The van der Waals surface area contributed by atoms with Crippen molar-refractivity contribution in [1.29, 1.82) is 5.26 Å². The Kier molecular flexibility index (Phi) is 4.55. The first-order valence-electron chi connectivity index (χ1n) is 4.34. The third-order valence-corrected chi connectivity index (χ3v) is 3.25. The van der Waals surface area contributed by atoms with Crippen molar-refractivity contribution in [3.8, 4) is 6.07 Å². The molecule has 0 atom stereocenters. The van der Waals surface area contributed by atoms with Crippen LogP contribution in [0.4, 0.5) is 4.39 Å². The van der Waals surface area contributed by atoms with Crippen molar-refractivity contribution >= 4 is 39.2 Å². The average molecular weight is 336 g/mol. The Hall–Kier alpha value is -0.600. The van der Waals surface area contributed by atoms with Crippen molar-refractivity contribution in [3.05, 3.63) is 38.7 Å². The van der Waals surface area contributed by atoms with Gasteiger partial charge in [-0.1, -0.05) is 18.5 Å². The highest BCUT2D eigenvalue weighted by Crippen LogP contribution is 2.28. The minimum Gasteiger partial charge on any atom is -0.207 e. The molecule has 0 radical (unpaired) electrons. The monoisotopic (exact) mass is 335 g/mol. The average Bonchev–Trinajstić information content (AvgIpc) is 2.19. The molecule has 1 nitrogen and oxygen atoms in total. The van der Waals surface area contributed by atoms with E-state index < -0.39 is 0 Å². The van der Waals surface area contributed by atoms with Crippen molar-refractivity contribution in [2.45, 2.75) is 13.3 Å². The first-order valence-corrected chi connectivity index (χ1v) is 5.80. The Morgan fingerprint density at radius 3 is 2.73 bits per heavy atom. The maximum absolute atomic E-state index is 12.8. The number of hydrogen-bond donors (Lipinski definition) is 0. The minimum absolute atomic E-state index is 0.303. The maximum atomic E-state index is 12.8. The van der Waals surface area contributed by atoms with Gasteiger partial charge >= 0.3 is 0 Å². The maximum Gasteiger partial charge on any atom is 0.124 e. The predicted octanol–water partition coefficient (Wildman–Crippen LogP) is 4.31. The number of nitriles is 1. The van der Waals surface area contributed by atoms with E-state index in [4.69, 9.17) is 16.9 Å². The Morgan fingerprint density at radius 1 is 1.60 bits per heavy atom. The van der Waals surface area contributed by atoms with Crippen LogP contribution in [-0.2, 0) is 0 Å². The second kappa shape index (κ2) is 5.47. The van der Waals surface area contributed by atoms with Crippen LogP contribution >= 0.6 is 34.2 Å². The minimum atomic E-state index is -0.303. The van der Waals surface area contributed by atoms with E-state index in [1.807, 2.05) is 35.6 Å². The van der Waals surface area contributed by atoms with Crippen molar-refractivity contribution in [2.24, 2.45) is 0 Å². The molecular weight excluding hydrogens is 327 g/mol. The quantitative estimate of drug-likeness (QED) is 0.583. The lowest BCUT2D eigenvalue weighted by molar-refractivity contribution is 0.626. The molecule has 0 bridgehead atoms. The van der Waals surface area contributed by atoms with Gasteiger partial charge in [0, 0.05) is 14.7 Å². The van der Waals surface area contributed by atoms with Gasteiger partial charge in [-0.15, -0.1) is 0 Å². The standard InChI is InChI=1S/C11H8ClFIN/c1-2-7(6-15)11(12)9-4-3-8(13)5-10(9)14/h3-5H,2H2,1H3/b11-7-. The molecule has 0 aliphatic heterocycles. The number of rotatable bonds is 2. The second-order valence-electron chi connectivity index (χ2n) is 2.88. The lowest BCUT2D eigenvalue weighted by atomic mass is 10.1. The summed E-state index contributed by atoms with van der Waals surface area (Å²) in [6, 6.07) is 6.36. The van der Waals surface area contributed by atoms with E-state index in [1.54, 1.807) is 6.07 Å². The van der Waals surface area contributed by atoms with E-state index in [0.717, 1.165) is 0 Å². The van der Waals surface area contributed by atoms with E-state index in [2.05, 4.69) is 0 Å². The third kappa shape index (κ3) is 2.93. The van der Waals surface area contributed by atoms with Gasteiger partial charge in [0.1, 0.15) is 5.82 Å². The number of allylic oxidation sites excluding steroid dienone is 1. The SMILES string of the molecule is CC/C(C#N)=C(/Cl)c1ccc(F)cc1I. The molecule has 0 fully saturated rings. The molecule has 0 unspecified atom stereocenters. The summed E-state index contributed by atoms with van der Waals surface area (Å²) in [5.74, 6) is -0.303. The molecule has 15 heavy (non-hydrogen) atoms. The molecule has 0 saturated heterocycles. The zero-order valence-electron chi connectivity index (χ0n) is 8.02. The Morgan fingerprint density at radius 2 is 2.27 bits per heavy atom. The van der Waals surface area contributed by atoms with Crippen molar-refractivity contribution < 1.29 is 4.39 Å². The molecule has 0 aliphatic carbocycles. The molecule has 78 valence electrons. The largest absolute Gasteiger partial charge is 0.207 e. The van der Waals surface area contributed by atoms with Crippen molar-refractivity contribution in [2.75, 3.05) is 0 Å². The summed E-state index contributed by atoms with van der Waals surface area (Å²) in [5, 5.41) is 9.24. The molecule has 0 saturated carbocycles. The van der Waals surface area contributed by atoms with Gasteiger partial charge in [0.05, 0.1) is 11.1 Å². The summed E-state index contributed by atoms with van der Waals surface area (Å²) in [5.41, 5.74) is 1.22. The van der Waals surface area contributed by atoms with Crippen LogP contribution in [0.3, 0.4) is 0 Å². The topological polar surface area (TPSA) is 23.8 Å². The molecule has 0 aromatic heterocycles. The number of nitrogens with zero attached hydrogens (tertiary/aromatic N) is 1. The third-order valence-electron chi connectivity index (χ3n) is 1.92. The van der Waals surface area contributed by atoms with E-state index in [9.17, 15) is 4.39 Å². The molecule has 0 heterocycles. The fourth-order valence-electron chi connectivity index (χ4n) is 1.11. The van der Waals surface area contributed by atoms with Gasteiger partial charge in [0.2, 0.25) is 0 Å². The number of halogens is 3. The molecule has 0 N–H and O–H groups in total. The second-order valence-corrected chi connectivity index (χ2v) is 4.42. The van der Waals surface area contributed by atoms with E-state index in [-0.39, 0.29) is 5.82 Å². The number of benzene rings is 1. The van der Waals surface area contributed by atoms with Crippen LogP contribution in [0.5, 0.6) is 0 Å². The Bertz CT molecular complexity index is 448. The van der Waals surface area contributed by atoms with Crippen LogP contribution < -0.4 is 0 Å². The molecule has 4 heteroatoms. The van der Waals surface area contributed by atoms with Gasteiger partial charge in [0.15, 0.2) is 0 Å².